The summed E-state index contributed by atoms with van der Waals surface area (Å²) in [7, 11) is 10.4. The molecule has 0 radical (unpaired) electrons. The summed E-state index contributed by atoms with van der Waals surface area (Å²) in [5, 5.41) is 2.28. The molecule has 1 unspecified atom stereocenters. The molecule has 3 aromatic carbocycles. The van der Waals surface area contributed by atoms with Crippen molar-refractivity contribution in [2.24, 2.45) is 4.99 Å². The normalized spacial score (nSPS) is 20.5. The molecule has 5 nitrogen and oxygen atoms in total. The average Bonchev–Trinajstić information content (AvgIpc) is 2.91. The number of hydrogen-bond acceptors (Lipinski definition) is 5. The Morgan fingerprint density at radius 2 is 1.55 bits per heavy atom. The van der Waals surface area contributed by atoms with Crippen molar-refractivity contribution < 1.29 is 4.74 Å². The van der Waals surface area contributed by atoms with Gasteiger partial charge in [-0.1, -0.05) is 12.1 Å². The molecule has 5 heteroatoms. The third-order valence-electron chi connectivity index (χ3n) is 7.01. The summed E-state index contributed by atoms with van der Waals surface area (Å²) in [6, 6.07) is 17.3. The smallest absolute Gasteiger partial charge is 0.228 e. The predicted octanol–water partition coefficient (Wildman–Crippen LogP) is 5.19. The number of nitrogens with zero attached hydrogens (tertiary/aromatic N) is 4. The Labute approximate surface area is 184 Å². The van der Waals surface area contributed by atoms with Crippen LogP contribution in [0.3, 0.4) is 0 Å². The van der Waals surface area contributed by atoms with E-state index in [1.165, 1.54) is 28.0 Å². The third-order valence-corrected chi connectivity index (χ3v) is 7.01. The van der Waals surface area contributed by atoms with E-state index in [4.69, 9.17) is 9.73 Å². The minimum Gasteiger partial charge on any atom is -0.459 e. The Balaban J connectivity index is 1.63. The van der Waals surface area contributed by atoms with Gasteiger partial charge in [0.05, 0.1) is 11.6 Å². The number of aliphatic imine (C=N–C) groups is 1. The van der Waals surface area contributed by atoms with Crippen LogP contribution in [0.1, 0.15) is 19.4 Å². The fourth-order valence-electron chi connectivity index (χ4n) is 4.95. The zero-order valence-electron chi connectivity index (χ0n) is 19.4. The maximum absolute atomic E-state index is 6.83. The monoisotopic (exact) mass is 414 g/mol. The maximum atomic E-state index is 6.83. The van der Waals surface area contributed by atoms with Gasteiger partial charge >= 0.3 is 0 Å². The van der Waals surface area contributed by atoms with Gasteiger partial charge in [0.15, 0.2) is 0 Å². The maximum Gasteiger partial charge on any atom is 0.228 e. The minimum absolute atomic E-state index is 0.284. The Kier molecular flexibility index (Phi) is 4.07. The lowest BCUT2D eigenvalue weighted by Crippen LogP contribution is -2.61. The molecule has 0 bridgehead atoms. The summed E-state index contributed by atoms with van der Waals surface area (Å²) < 4.78 is 6.83. The highest BCUT2D eigenvalue weighted by Crippen LogP contribution is 2.54. The van der Waals surface area contributed by atoms with Crippen molar-refractivity contribution in [3.05, 3.63) is 54.1 Å². The number of anilines is 3. The van der Waals surface area contributed by atoms with Gasteiger partial charge in [0, 0.05) is 57.7 Å². The molecule has 0 amide bonds. The average molecular weight is 415 g/mol. The van der Waals surface area contributed by atoms with Crippen molar-refractivity contribution >= 4 is 39.7 Å². The molecule has 0 saturated heterocycles. The van der Waals surface area contributed by atoms with Gasteiger partial charge in [-0.25, -0.2) is 0 Å². The van der Waals surface area contributed by atoms with Crippen LogP contribution in [-0.2, 0) is 5.41 Å². The summed E-state index contributed by atoms with van der Waals surface area (Å²) in [5.74, 6) is 0.827. The molecule has 0 aromatic heterocycles. The first kappa shape index (κ1) is 19.7. The van der Waals surface area contributed by atoms with Gasteiger partial charge in [-0.2, -0.15) is 0 Å². The molecule has 0 N–H and O–H groups in total. The van der Waals surface area contributed by atoms with E-state index in [1.54, 1.807) is 0 Å². The first-order valence-electron chi connectivity index (χ1n) is 10.7. The zero-order valence-corrected chi connectivity index (χ0v) is 19.4. The molecule has 0 fully saturated rings. The fraction of sp³-hybridized carbons (Fsp3) is 0.346. The highest BCUT2D eigenvalue weighted by Gasteiger charge is 2.58. The Morgan fingerprint density at radius 1 is 0.871 bits per heavy atom. The molecule has 0 aliphatic carbocycles. The number of hydrogen-bond donors (Lipinski definition) is 0. The van der Waals surface area contributed by atoms with Gasteiger partial charge in [0.1, 0.15) is 11.4 Å². The Bertz CT molecular complexity index is 1230. The van der Waals surface area contributed by atoms with Gasteiger partial charge in [-0.3, -0.25) is 4.99 Å². The molecule has 2 aliphatic heterocycles. The predicted molar refractivity (Wildman–Crippen MR) is 132 cm³/mol. The number of fused-ring (bicyclic) bond motifs is 4. The van der Waals surface area contributed by atoms with Gasteiger partial charge in [-0.15, -0.1) is 0 Å². The molecule has 1 spiro atoms. The van der Waals surface area contributed by atoms with E-state index in [-0.39, 0.29) is 5.41 Å². The molecular weight excluding hydrogens is 384 g/mol. The van der Waals surface area contributed by atoms with Crippen molar-refractivity contribution in [2.75, 3.05) is 49.9 Å². The van der Waals surface area contributed by atoms with Crippen LogP contribution in [-0.4, -0.2) is 47.2 Å². The fourth-order valence-corrected chi connectivity index (χ4v) is 4.95. The number of rotatable bonds is 2. The molecule has 1 atom stereocenters. The topological polar surface area (TPSA) is 31.3 Å². The SMILES string of the molecule is CN(C)c1ccc2c(c1)C(C)(C)C1(C=Nc3c(ccc4cc(N(C)C)ccc34)O1)N2C. The summed E-state index contributed by atoms with van der Waals surface area (Å²) in [6.45, 7) is 4.49. The molecule has 2 aliphatic rings. The summed E-state index contributed by atoms with van der Waals surface area (Å²) in [6.07, 6.45) is 2.00. The summed E-state index contributed by atoms with van der Waals surface area (Å²) in [5.41, 5.74) is 4.76. The minimum atomic E-state index is -0.676. The Morgan fingerprint density at radius 3 is 2.26 bits per heavy atom. The van der Waals surface area contributed by atoms with E-state index in [9.17, 15) is 0 Å². The molecule has 31 heavy (non-hydrogen) atoms. The third kappa shape index (κ3) is 2.59. The van der Waals surface area contributed by atoms with E-state index in [0.717, 1.165) is 16.8 Å². The van der Waals surface area contributed by atoms with E-state index in [0.29, 0.717) is 0 Å². The highest BCUT2D eigenvalue weighted by molar-refractivity contribution is 6.01. The molecular formula is C26H30N4O. The lowest BCUT2D eigenvalue weighted by atomic mass is 9.77. The second-order valence-electron chi connectivity index (χ2n) is 9.55. The van der Waals surface area contributed by atoms with Gasteiger partial charge in [0.2, 0.25) is 5.72 Å². The van der Waals surface area contributed by atoms with E-state index >= 15 is 0 Å². The zero-order chi connectivity index (χ0) is 22.1. The molecule has 2 heterocycles. The summed E-state index contributed by atoms with van der Waals surface area (Å²) >= 11 is 0. The van der Waals surface area contributed by atoms with Crippen LogP contribution in [0.2, 0.25) is 0 Å². The molecule has 160 valence electrons. The van der Waals surface area contributed by atoms with Gasteiger partial charge < -0.3 is 19.4 Å². The van der Waals surface area contributed by atoms with Crippen molar-refractivity contribution in [3.8, 4) is 5.75 Å². The highest BCUT2D eigenvalue weighted by atomic mass is 16.5. The lowest BCUT2D eigenvalue weighted by molar-refractivity contribution is 0.0827. The number of benzene rings is 3. The van der Waals surface area contributed by atoms with Crippen LogP contribution >= 0.6 is 0 Å². The molecule has 0 saturated carbocycles. The van der Waals surface area contributed by atoms with E-state index < -0.39 is 5.72 Å². The number of likely N-dealkylation sites (N-methyl/N-ethyl adjacent to an activating group) is 1. The van der Waals surface area contributed by atoms with Crippen LogP contribution in [0.25, 0.3) is 10.8 Å². The lowest BCUT2D eigenvalue weighted by Gasteiger charge is -2.45. The van der Waals surface area contributed by atoms with Crippen LogP contribution in [0.15, 0.2) is 53.5 Å². The largest absolute Gasteiger partial charge is 0.459 e. The van der Waals surface area contributed by atoms with Crippen LogP contribution in [0.4, 0.5) is 22.7 Å². The van der Waals surface area contributed by atoms with E-state index in [1.807, 2.05) is 6.21 Å². The molecule has 5 rings (SSSR count). The number of ether oxygens (including phenoxy) is 1. The molecule has 3 aromatic rings. The van der Waals surface area contributed by atoms with Crippen molar-refractivity contribution in [1.82, 2.24) is 0 Å². The quantitative estimate of drug-likeness (QED) is 0.577. The van der Waals surface area contributed by atoms with E-state index in [2.05, 4.69) is 112 Å². The van der Waals surface area contributed by atoms with Gasteiger partial charge in [0.25, 0.3) is 0 Å². The second kappa shape index (κ2) is 6.39. The first-order chi connectivity index (χ1) is 14.7. The van der Waals surface area contributed by atoms with Crippen molar-refractivity contribution in [3.63, 3.8) is 0 Å². The van der Waals surface area contributed by atoms with Crippen LogP contribution < -0.4 is 19.4 Å². The first-order valence-corrected chi connectivity index (χ1v) is 10.7. The van der Waals surface area contributed by atoms with Crippen molar-refractivity contribution in [2.45, 2.75) is 25.0 Å². The Hall–Kier alpha value is -3.21. The van der Waals surface area contributed by atoms with Crippen LogP contribution in [0, 0.1) is 0 Å². The van der Waals surface area contributed by atoms with Crippen LogP contribution in [0.5, 0.6) is 5.75 Å². The van der Waals surface area contributed by atoms with Crippen molar-refractivity contribution in [1.29, 1.82) is 0 Å². The van der Waals surface area contributed by atoms with Gasteiger partial charge in [-0.05, 0) is 61.2 Å². The standard InChI is InChI=1S/C26H30N4O/c1-25(2)21-15-19(29(5)6)10-12-22(21)30(7)26(25)16-27-24-20-11-9-18(28(3)4)14-17(20)8-13-23(24)31-26/h8-16H,1-7H3. The summed E-state index contributed by atoms with van der Waals surface area (Å²) in [4.78, 5) is 11.5. The second-order valence-corrected chi connectivity index (χ2v) is 9.55.